The summed E-state index contributed by atoms with van der Waals surface area (Å²) in [6, 6.07) is 8.38. The van der Waals surface area contributed by atoms with E-state index in [1.165, 1.54) is 11.9 Å². The lowest BCUT2D eigenvalue weighted by molar-refractivity contribution is -0.143. The van der Waals surface area contributed by atoms with Gasteiger partial charge in [-0.1, -0.05) is 65.5 Å². The maximum atomic E-state index is 13.7. The third kappa shape index (κ3) is 5.82. The van der Waals surface area contributed by atoms with Crippen molar-refractivity contribution in [1.82, 2.24) is 15.5 Å². The molecule has 3 unspecified atom stereocenters. The summed E-state index contributed by atoms with van der Waals surface area (Å²) in [5.41, 5.74) is 0.991. The first kappa shape index (κ1) is 25.2. The van der Waals surface area contributed by atoms with Gasteiger partial charge in [0.05, 0.1) is 4.83 Å². The van der Waals surface area contributed by atoms with Crippen LogP contribution in [0.3, 0.4) is 0 Å². The minimum absolute atomic E-state index is 0.103. The van der Waals surface area contributed by atoms with Crippen molar-refractivity contribution in [2.24, 2.45) is 15.6 Å². The monoisotopic (exact) mass is 549 g/mol. The SMILES string of the molecule is CC(Br)C(=O)N[C@H](C(=O)N1CCC[C@H]1C(=O)NC1SN=NC1c1ccccc1)C1CCCCC1. The third-order valence-electron chi connectivity index (χ3n) is 6.93. The van der Waals surface area contributed by atoms with Crippen LogP contribution in [0.15, 0.2) is 40.0 Å². The second-order valence-electron chi connectivity index (χ2n) is 9.28. The van der Waals surface area contributed by atoms with Crippen LogP contribution in [0.4, 0.5) is 0 Å². The van der Waals surface area contributed by atoms with Gasteiger partial charge < -0.3 is 15.5 Å². The smallest absolute Gasteiger partial charge is 0.246 e. The molecule has 184 valence electrons. The standard InChI is InChI=1S/C24H32BrN5O3S/c1-15(25)21(31)26-20(17-11-6-3-7-12-17)24(33)30-14-8-13-18(30)22(32)27-23-19(28-29-34-23)16-9-4-2-5-10-16/h2,4-5,9-10,15,17-20,23H,3,6-8,11-14H2,1H3,(H,26,31)(H,27,32)/t15?,18-,19?,20-,23?/m0/s1. The summed E-state index contributed by atoms with van der Waals surface area (Å²) in [5.74, 6) is -0.412. The Bertz CT molecular complexity index is 909. The Kier molecular flexibility index (Phi) is 8.63. The highest BCUT2D eigenvalue weighted by molar-refractivity contribution is 9.10. The maximum absolute atomic E-state index is 13.7. The number of hydrogen-bond acceptors (Lipinski definition) is 6. The molecule has 4 rings (SSSR count). The molecule has 0 aromatic heterocycles. The summed E-state index contributed by atoms with van der Waals surface area (Å²) < 4.78 is 4.09. The van der Waals surface area contributed by atoms with Gasteiger partial charge in [0.25, 0.3) is 0 Å². The average molecular weight is 551 g/mol. The molecule has 3 aliphatic rings. The van der Waals surface area contributed by atoms with Crippen LogP contribution in [-0.4, -0.2) is 51.5 Å². The molecule has 10 heteroatoms. The fraction of sp³-hybridized carbons (Fsp3) is 0.625. The predicted molar refractivity (Wildman–Crippen MR) is 135 cm³/mol. The molecule has 1 saturated heterocycles. The van der Waals surface area contributed by atoms with E-state index in [4.69, 9.17) is 0 Å². The normalized spacial score (nSPS) is 26.8. The lowest BCUT2D eigenvalue weighted by Crippen LogP contribution is -2.57. The van der Waals surface area contributed by atoms with Gasteiger partial charge in [0.1, 0.15) is 23.5 Å². The fourth-order valence-electron chi connectivity index (χ4n) is 5.08. The highest BCUT2D eigenvalue weighted by Gasteiger charge is 2.42. The number of hydrogen-bond donors (Lipinski definition) is 2. The molecule has 3 amide bonds. The van der Waals surface area contributed by atoms with Crippen LogP contribution in [0.1, 0.15) is 63.5 Å². The van der Waals surface area contributed by atoms with Crippen LogP contribution in [0.25, 0.3) is 0 Å². The molecule has 2 aliphatic heterocycles. The molecule has 0 bridgehead atoms. The Morgan fingerprint density at radius 1 is 1.09 bits per heavy atom. The second-order valence-corrected chi connectivity index (χ2v) is 11.5. The number of carbonyl (C=O) groups excluding carboxylic acids is 3. The summed E-state index contributed by atoms with van der Waals surface area (Å²) >= 11 is 4.56. The van der Waals surface area contributed by atoms with Gasteiger partial charge in [-0.05, 0) is 44.1 Å². The van der Waals surface area contributed by atoms with E-state index < -0.39 is 12.1 Å². The molecule has 34 heavy (non-hydrogen) atoms. The molecule has 2 heterocycles. The van der Waals surface area contributed by atoms with Crippen molar-refractivity contribution in [1.29, 1.82) is 0 Å². The summed E-state index contributed by atoms with van der Waals surface area (Å²) in [5, 5.41) is 10.1. The van der Waals surface area contributed by atoms with Crippen molar-refractivity contribution in [3.63, 3.8) is 0 Å². The van der Waals surface area contributed by atoms with E-state index in [0.717, 1.165) is 44.1 Å². The molecule has 1 aromatic carbocycles. The topological polar surface area (TPSA) is 103 Å². The number of likely N-dealkylation sites (tertiary alicyclic amines) is 1. The second kappa shape index (κ2) is 11.7. The van der Waals surface area contributed by atoms with Gasteiger partial charge in [-0.3, -0.25) is 14.4 Å². The molecule has 0 spiro atoms. The highest BCUT2D eigenvalue weighted by atomic mass is 79.9. The van der Waals surface area contributed by atoms with Gasteiger partial charge in [-0.15, -0.1) is 4.52 Å². The van der Waals surface area contributed by atoms with Gasteiger partial charge in [0, 0.05) is 18.5 Å². The molecule has 1 aliphatic carbocycles. The molecule has 2 fully saturated rings. The number of nitrogens with one attached hydrogen (secondary N) is 2. The van der Waals surface area contributed by atoms with E-state index in [2.05, 4.69) is 36.2 Å². The first-order valence-corrected chi connectivity index (χ1v) is 13.9. The van der Waals surface area contributed by atoms with Crippen molar-refractivity contribution >= 4 is 45.6 Å². The molecule has 1 saturated carbocycles. The largest absolute Gasteiger partial charge is 0.343 e. The van der Waals surface area contributed by atoms with Crippen LogP contribution < -0.4 is 10.6 Å². The highest BCUT2D eigenvalue weighted by Crippen LogP contribution is 2.36. The van der Waals surface area contributed by atoms with Gasteiger partial charge in [0.2, 0.25) is 17.7 Å². The van der Waals surface area contributed by atoms with Gasteiger partial charge >= 0.3 is 0 Å². The van der Waals surface area contributed by atoms with Crippen LogP contribution in [0, 0.1) is 5.92 Å². The average Bonchev–Trinajstić information content (AvgIpc) is 3.53. The van der Waals surface area contributed by atoms with Crippen LogP contribution in [0.5, 0.6) is 0 Å². The third-order valence-corrected chi connectivity index (χ3v) is 8.14. The number of alkyl halides is 1. The van der Waals surface area contributed by atoms with Crippen LogP contribution >= 0.6 is 27.9 Å². The van der Waals surface area contributed by atoms with Crippen LogP contribution in [0.2, 0.25) is 0 Å². The minimum atomic E-state index is -0.593. The van der Waals surface area contributed by atoms with E-state index >= 15 is 0 Å². The molecule has 2 N–H and O–H groups in total. The van der Waals surface area contributed by atoms with Crippen molar-refractivity contribution < 1.29 is 14.4 Å². The number of rotatable bonds is 7. The zero-order valence-corrected chi connectivity index (χ0v) is 21.8. The Hall–Kier alpha value is -1.94. The Morgan fingerprint density at radius 3 is 2.53 bits per heavy atom. The van der Waals surface area contributed by atoms with Crippen molar-refractivity contribution in [2.75, 3.05) is 6.54 Å². The maximum Gasteiger partial charge on any atom is 0.246 e. The van der Waals surface area contributed by atoms with Gasteiger partial charge in [-0.2, -0.15) is 5.11 Å². The zero-order chi connectivity index (χ0) is 24.1. The Balaban J connectivity index is 1.45. The molecule has 0 radical (unpaired) electrons. The summed E-state index contributed by atoms with van der Waals surface area (Å²) in [7, 11) is 0. The van der Waals surface area contributed by atoms with Crippen LogP contribution in [-0.2, 0) is 14.4 Å². The van der Waals surface area contributed by atoms with E-state index in [0.29, 0.717) is 13.0 Å². The summed E-state index contributed by atoms with van der Waals surface area (Å²) in [6.07, 6.45) is 6.48. The number of carbonyl (C=O) groups is 3. The number of nitrogens with zero attached hydrogens (tertiary/aromatic N) is 3. The van der Waals surface area contributed by atoms with Gasteiger partial charge in [0.15, 0.2) is 0 Å². The summed E-state index contributed by atoms with van der Waals surface area (Å²) in [4.78, 5) is 40.8. The van der Waals surface area contributed by atoms with Gasteiger partial charge in [-0.25, -0.2) is 0 Å². The predicted octanol–water partition coefficient (Wildman–Crippen LogP) is 4.12. The molecular formula is C24H32BrN5O3S. The van der Waals surface area contributed by atoms with E-state index in [9.17, 15) is 14.4 Å². The molecule has 5 atom stereocenters. The molecule has 1 aromatic rings. The van der Waals surface area contributed by atoms with E-state index in [1.807, 2.05) is 30.3 Å². The minimum Gasteiger partial charge on any atom is -0.343 e. The lowest BCUT2D eigenvalue weighted by Gasteiger charge is -2.35. The lowest BCUT2D eigenvalue weighted by atomic mass is 9.83. The number of benzene rings is 1. The number of amides is 3. The molecule has 8 nitrogen and oxygen atoms in total. The first-order valence-electron chi connectivity index (χ1n) is 12.1. The van der Waals surface area contributed by atoms with Crippen molar-refractivity contribution in [3.05, 3.63) is 35.9 Å². The summed E-state index contributed by atoms with van der Waals surface area (Å²) in [6.45, 7) is 2.27. The fourth-order valence-corrected chi connectivity index (χ4v) is 5.96. The quantitative estimate of drug-likeness (QED) is 0.394. The number of halogens is 1. The van der Waals surface area contributed by atoms with Crippen molar-refractivity contribution in [3.8, 4) is 0 Å². The Morgan fingerprint density at radius 2 is 1.82 bits per heavy atom. The van der Waals surface area contributed by atoms with E-state index in [1.54, 1.807) is 11.8 Å². The Labute approximate surface area is 213 Å². The van der Waals surface area contributed by atoms with E-state index in [-0.39, 0.29) is 39.9 Å². The zero-order valence-electron chi connectivity index (χ0n) is 19.4. The van der Waals surface area contributed by atoms with Crippen molar-refractivity contribution in [2.45, 2.75) is 80.2 Å². The first-order chi connectivity index (χ1) is 16.5. The molecular weight excluding hydrogens is 518 g/mol.